The van der Waals surface area contributed by atoms with Gasteiger partial charge < -0.3 is 15.7 Å². The van der Waals surface area contributed by atoms with Gasteiger partial charge in [-0.15, -0.1) is 0 Å². The van der Waals surface area contributed by atoms with Gasteiger partial charge in [0.15, 0.2) is 0 Å². The number of hydrogen-bond acceptors (Lipinski definition) is 3. The Morgan fingerprint density at radius 3 is 2.54 bits per heavy atom. The molecule has 0 aromatic carbocycles. The van der Waals surface area contributed by atoms with Gasteiger partial charge in [0.1, 0.15) is 0 Å². The molecule has 0 spiro atoms. The molecule has 0 unspecified atom stereocenters. The predicted molar refractivity (Wildman–Crippen MR) is 52.6 cm³/mol. The molecule has 0 aromatic rings. The van der Waals surface area contributed by atoms with E-state index in [9.17, 15) is 0 Å². The van der Waals surface area contributed by atoms with Crippen molar-refractivity contribution < 1.29 is 5.11 Å². The third kappa shape index (κ3) is 2.66. The second-order valence-electron chi connectivity index (χ2n) is 4.42. The molecular weight excluding hydrogens is 164 g/mol. The molecule has 1 saturated heterocycles. The molecule has 76 valence electrons. The molecule has 2 rings (SSSR count). The molecule has 2 fully saturated rings. The number of hydrogen-bond donors (Lipinski definition) is 3. The third-order valence-electron chi connectivity index (χ3n) is 3.27. The number of rotatable bonds is 3. The Hall–Kier alpha value is -0.120. The highest BCUT2D eigenvalue weighted by Gasteiger charge is 2.27. The minimum absolute atomic E-state index is 0.0227. The third-order valence-corrected chi connectivity index (χ3v) is 3.27. The molecular formula is C10H20N2O. The van der Waals surface area contributed by atoms with E-state index in [1.165, 1.54) is 25.9 Å². The Bertz CT molecular complexity index is 151. The van der Waals surface area contributed by atoms with Crippen molar-refractivity contribution >= 4 is 0 Å². The monoisotopic (exact) mass is 184 g/mol. The van der Waals surface area contributed by atoms with Crippen molar-refractivity contribution in [3.63, 3.8) is 0 Å². The Labute approximate surface area is 79.9 Å². The molecule has 3 nitrogen and oxygen atoms in total. The van der Waals surface area contributed by atoms with Crippen molar-refractivity contribution in [3.05, 3.63) is 0 Å². The van der Waals surface area contributed by atoms with Gasteiger partial charge in [-0.3, -0.25) is 0 Å². The summed E-state index contributed by atoms with van der Waals surface area (Å²) in [4.78, 5) is 0. The lowest BCUT2D eigenvalue weighted by atomic mass is 9.88. The van der Waals surface area contributed by atoms with Gasteiger partial charge in [-0.1, -0.05) is 0 Å². The lowest BCUT2D eigenvalue weighted by Gasteiger charge is -2.34. The number of piperidine rings is 1. The van der Waals surface area contributed by atoms with Crippen LogP contribution in [0.2, 0.25) is 0 Å². The highest BCUT2D eigenvalue weighted by molar-refractivity contribution is 4.85. The fourth-order valence-electron chi connectivity index (χ4n) is 2.17. The van der Waals surface area contributed by atoms with Crippen LogP contribution in [0, 0.1) is 5.92 Å². The van der Waals surface area contributed by atoms with Gasteiger partial charge in [0.2, 0.25) is 0 Å². The van der Waals surface area contributed by atoms with E-state index >= 15 is 0 Å². The summed E-state index contributed by atoms with van der Waals surface area (Å²) in [5, 5.41) is 16.0. The van der Waals surface area contributed by atoms with Crippen LogP contribution in [-0.2, 0) is 0 Å². The van der Waals surface area contributed by atoms with Crippen molar-refractivity contribution in [1.29, 1.82) is 0 Å². The Morgan fingerprint density at radius 2 is 1.92 bits per heavy atom. The van der Waals surface area contributed by atoms with E-state index in [1.54, 1.807) is 0 Å². The van der Waals surface area contributed by atoms with Crippen LogP contribution < -0.4 is 10.6 Å². The summed E-state index contributed by atoms with van der Waals surface area (Å²) in [6, 6.07) is 0.602. The molecule has 0 bridgehead atoms. The topological polar surface area (TPSA) is 44.3 Å². The first-order chi connectivity index (χ1) is 6.34. The van der Waals surface area contributed by atoms with E-state index in [-0.39, 0.29) is 6.10 Å². The highest BCUT2D eigenvalue weighted by atomic mass is 16.3. The van der Waals surface area contributed by atoms with Gasteiger partial charge in [0.25, 0.3) is 0 Å². The summed E-state index contributed by atoms with van der Waals surface area (Å²) in [5.74, 6) is 0.860. The maximum atomic E-state index is 9.11. The zero-order valence-corrected chi connectivity index (χ0v) is 8.13. The van der Waals surface area contributed by atoms with E-state index in [2.05, 4.69) is 10.6 Å². The zero-order valence-electron chi connectivity index (χ0n) is 8.13. The molecule has 1 aliphatic carbocycles. The van der Waals surface area contributed by atoms with Crippen LogP contribution in [0.4, 0.5) is 0 Å². The molecule has 0 radical (unpaired) electrons. The molecule has 13 heavy (non-hydrogen) atoms. The molecule has 1 saturated carbocycles. The number of aliphatic hydroxyl groups is 1. The van der Waals surface area contributed by atoms with Crippen LogP contribution in [-0.4, -0.2) is 36.9 Å². The van der Waals surface area contributed by atoms with Gasteiger partial charge in [-0.25, -0.2) is 0 Å². The quantitative estimate of drug-likeness (QED) is 0.583. The van der Waals surface area contributed by atoms with Crippen LogP contribution in [0.25, 0.3) is 0 Å². The lowest BCUT2D eigenvalue weighted by Crippen LogP contribution is -2.46. The smallest absolute Gasteiger partial charge is 0.0570 e. The molecule has 2 aliphatic rings. The first-order valence-electron chi connectivity index (χ1n) is 5.47. The van der Waals surface area contributed by atoms with Crippen LogP contribution >= 0.6 is 0 Å². The van der Waals surface area contributed by atoms with Gasteiger partial charge in [-0.05, 0) is 51.2 Å². The van der Waals surface area contributed by atoms with Gasteiger partial charge in [0, 0.05) is 6.04 Å². The van der Waals surface area contributed by atoms with E-state index in [0.29, 0.717) is 6.04 Å². The molecule has 1 aliphatic heterocycles. The Kier molecular flexibility index (Phi) is 3.19. The second kappa shape index (κ2) is 4.40. The van der Waals surface area contributed by atoms with E-state index in [0.717, 1.165) is 25.3 Å². The van der Waals surface area contributed by atoms with Crippen molar-refractivity contribution in [3.8, 4) is 0 Å². The first-order valence-corrected chi connectivity index (χ1v) is 5.47. The second-order valence-corrected chi connectivity index (χ2v) is 4.42. The largest absolute Gasteiger partial charge is 0.393 e. The fraction of sp³-hybridized carbons (Fsp3) is 1.00. The highest BCUT2D eigenvalue weighted by Crippen LogP contribution is 2.20. The maximum absolute atomic E-state index is 9.11. The average Bonchev–Trinajstić information content (AvgIpc) is 2.12. The molecule has 3 heteroatoms. The summed E-state index contributed by atoms with van der Waals surface area (Å²) < 4.78 is 0. The molecule has 1 heterocycles. The minimum Gasteiger partial charge on any atom is -0.393 e. The number of nitrogens with one attached hydrogen (secondary N) is 2. The number of aliphatic hydroxyl groups excluding tert-OH is 1. The summed E-state index contributed by atoms with van der Waals surface area (Å²) in [5.41, 5.74) is 0. The molecule has 0 atom stereocenters. The summed E-state index contributed by atoms with van der Waals surface area (Å²) in [6.07, 6.45) is 4.52. The molecule has 3 N–H and O–H groups in total. The van der Waals surface area contributed by atoms with Gasteiger partial charge in [-0.2, -0.15) is 0 Å². The lowest BCUT2D eigenvalue weighted by molar-refractivity contribution is 0.0603. The van der Waals surface area contributed by atoms with E-state index in [4.69, 9.17) is 5.11 Å². The zero-order chi connectivity index (χ0) is 9.10. The van der Waals surface area contributed by atoms with Crippen molar-refractivity contribution in [2.75, 3.05) is 19.6 Å². The molecule has 0 amide bonds. The average molecular weight is 184 g/mol. The SMILES string of the molecule is OC1CC(NCC2CCNCC2)C1. The normalized spacial score (nSPS) is 35.8. The summed E-state index contributed by atoms with van der Waals surface area (Å²) in [7, 11) is 0. The van der Waals surface area contributed by atoms with Gasteiger partial charge in [0.05, 0.1) is 6.10 Å². The standard InChI is InChI=1S/C10H20N2O/c13-10-5-9(6-10)12-7-8-1-3-11-4-2-8/h8-13H,1-7H2. The van der Waals surface area contributed by atoms with Crippen LogP contribution in [0.1, 0.15) is 25.7 Å². The Morgan fingerprint density at radius 1 is 1.23 bits per heavy atom. The fourth-order valence-corrected chi connectivity index (χ4v) is 2.17. The molecule has 0 aromatic heterocycles. The summed E-state index contributed by atoms with van der Waals surface area (Å²) in [6.45, 7) is 3.51. The first kappa shape index (κ1) is 9.44. The van der Waals surface area contributed by atoms with Crippen molar-refractivity contribution in [2.45, 2.75) is 37.8 Å². The maximum Gasteiger partial charge on any atom is 0.0570 e. The van der Waals surface area contributed by atoms with Crippen LogP contribution in [0.15, 0.2) is 0 Å². The predicted octanol–water partition coefficient (Wildman–Crippen LogP) is 0.0989. The van der Waals surface area contributed by atoms with Crippen molar-refractivity contribution in [2.24, 2.45) is 5.92 Å². The van der Waals surface area contributed by atoms with E-state index in [1.807, 2.05) is 0 Å². The van der Waals surface area contributed by atoms with Crippen molar-refractivity contribution in [1.82, 2.24) is 10.6 Å². The Balaban J connectivity index is 1.56. The van der Waals surface area contributed by atoms with Crippen LogP contribution in [0.5, 0.6) is 0 Å². The van der Waals surface area contributed by atoms with Crippen LogP contribution in [0.3, 0.4) is 0 Å². The minimum atomic E-state index is -0.0227. The van der Waals surface area contributed by atoms with E-state index < -0.39 is 0 Å². The summed E-state index contributed by atoms with van der Waals surface area (Å²) >= 11 is 0. The van der Waals surface area contributed by atoms with Gasteiger partial charge >= 0.3 is 0 Å².